The third-order valence-corrected chi connectivity index (χ3v) is 9.19. The molecule has 0 amide bonds. The van der Waals surface area contributed by atoms with E-state index in [-0.39, 0.29) is 23.2 Å². The van der Waals surface area contributed by atoms with Crippen molar-refractivity contribution in [2.75, 3.05) is 6.61 Å². The van der Waals surface area contributed by atoms with Gasteiger partial charge in [-0.3, -0.25) is 9.59 Å². The highest BCUT2D eigenvalue weighted by molar-refractivity contribution is 6.08. The number of rotatable bonds is 7. The molecule has 0 aromatic rings. The minimum absolute atomic E-state index is 0.124. The minimum Gasteiger partial charge on any atom is -0.465 e. The Labute approximate surface area is 217 Å². The Morgan fingerprint density at radius 3 is 2.53 bits per heavy atom. The molecular weight excluding hydrogens is 452 g/mol. The van der Waals surface area contributed by atoms with E-state index < -0.39 is 23.6 Å². The summed E-state index contributed by atoms with van der Waals surface area (Å²) in [6.45, 7) is 16.1. The van der Waals surface area contributed by atoms with Crippen molar-refractivity contribution in [1.29, 1.82) is 0 Å². The van der Waals surface area contributed by atoms with Crippen molar-refractivity contribution in [3.8, 4) is 0 Å². The molecule has 0 saturated heterocycles. The maximum atomic E-state index is 12.9. The molecule has 0 heterocycles. The van der Waals surface area contributed by atoms with Crippen molar-refractivity contribution in [2.45, 2.75) is 98.7 Å². The van der Waals surface area contributed by atoms with Crippen LogP contribution in [0.3, 0.4) is 0 Å². The number of aliphatic hydroxyl groups excluding tert-OH is 2. The second kappa shape index (κ2) is 10.8. The quantitative estimate of drug-likeness (QED) is 0.261. The number of fused-ring (bicyclic) bond motifs is 1. The molecule has 0 spiro atoms. The molecule has 0 aromatic heterocycles. The molecule has 200 valence electrons. The first kappa shape index (κ1) is 28.6. The lowest BCUT2D eigenvalue weighted by molar-refractivity contribution is -0.156. The predicted octanol–water partition coefficient (Wildman–Crippen LogP) is 5.87. The summed E-state index contributed by atoms with van der Waals surface area (Å²) >= 11 is 0. The Morgan fingerprint density at radius 1 is 1.17 bits per heavy atom. The van der Waals surface area contributed by atoms with E-state index >= 15 is 0 Å². The number of carbonyl (C=O) groups is 2. The van der Waals surface area contributed by atoms with E-state index in [1.54, 1.807) is 26.8 Å². The molecule has 2 N–H and O–H groups in total. The van der Waals surface area contributed by atoms with Gasteiger partial charge in [0.2, 0.25) is 0 Å². The molecule has 5 atom stereocenters. The van der Waals surface area contributed by atoms with Crippen LogP contribution in [0.25, 0.3) is 0 Å². The normalized spacial score (nSPS) is 33.8. The van der Waals surface area contributed by atoms with Crippen molar-refractivity contribution in [3.05, 3.63) is 47.6 Å². The van der Waals surface area contributed by atoms with E-state index in [9.17, 15) is 19.8 Å². The van der Waals surface area contributed by atoms with E-state index in [2.05, 4.69) is 39.5 Å². The van der Waals surface area contributed by atoms with Gasteiger partial charge in [-0.25, -0.2) is 0 Å². The summed E-state index contributed by atoms with van der Waals surface area (Å²) in [5, 5.41) is 20.3. The highest BCUT2D eigenvalue weighted by atomic mass is 16.5. The molecule has 0 unspecified atom stereocenters. The number of hydrogen-bond donors (Lipinski definition) is 2. The molecule has 3 aliphatic rings. The number of esters is 1. The number of allylic oxidation sites excluding steroid dienone is 5. The molecule has 36 heavy (non-hydrogen) atoms. The first-order valence-electron chi connectivity index (χ1n) is 13.6. The van der Waals surface area contributed by atoms with Crippen LogP contribution in [0.15, 0.2) is 47.6 Å². The van der Waals surface area contributed by atoms with Crippen LogP contribution in [0.5, 0.6) is 0 Å². The average Bonchev–Trinajstić information content (AvgIpc) is 3.17. The second-order valence-corrected chi connectivity index (χ2v) is 12.5. The van der Waals surface area contributed by atoms with Gasteiger partial charge in [0.1, 0.15) is 5.41 Å². The third kappa shape index (κ3) is 5.62. The monoisotopic (exact) mass is 498 g/mol. The molecular formula is C31H46O5. The van der Waals surface area contributed by atoms with Crippen LogP contribution in [0.4, 0.5) is 0 Å². The van der Waals surface area contributed by atoms with Gasteiger partial charge in [-0.2, -0.15) is 0 Å². The van der Waals surface area contributed by atoms with Gasteiger partial charge in [0.15, 0.2) is 5.78 Å². The summed E-state index contributed by atoms with van der Waals surface area (Å²) in [5.74, 6) is 0.178. The first-order chi connectivity index (χ1) is 16.7. The Bertz CT molecular complexity index is 965. The largest absolute Gasteiger partial charge is 0.465 e. The summed E-state index contributed by atoms with van der Waals surface area (Å²) in [4.78, 5) is 25.2. The molecule has 0 radical (unpaired) electrons. The fourth-order valence-electron chi connectivity index (χ4n) is 6.95. The third-order valence-electron chi connectivity index (χ3n) is 9.19. The zero-order chi connectivity index (χ0) is 26.9. The van der Waals surface area contributed by atoms with Crippen LogP contribution in [0.1, 0.15) is 86.5 Å². The van der Waals surface area contributed by atoms with Crippen molar-refractivity contribution in [3.63, 3.8) is 0 Å². The lowest BCUT2D eigenvalue weighted by atomic mass is 9.57. The van der Waals surface area contributed by atoms with Gasteiger partial charge in [-0.1, -0.05) is 51.2 Å². The number of hydrogen-bond acceptors (Lipinski definition) is 5. The molecule has 0 bridgehead atoms. The van der Waals surface area contributed by atoms with Gasteiger partial charge in [0, 0.05) is 6.42 Å². The van der Waals surface area contributed by atoms with Crippen LogP contribution in [-0.4, -0.2) is 40.8 Å². The smallest absolute Gasteiger partial charge is 0.319 e. The maximum absolute atomic E-state index is 12.9. The number of ketones is 1. The second-order valence-electron chi connectivity index (χ2n) is 12.5. The Morgan fingerprint density at radius 2 is 1.86 bits per heavy atom. The lowest BCUT2D eigenvalue weighted by Crippen LogP contribution is -2.39. The lowest BCUT2D eigenvalue weighted by Gasteiger charge is -2.47. The van der Waals surface area contributed by atoms with Gasteiger partial charge >= 0.3 is 5.97 Å². The van der Waals surface area contributed by atoms with Crippen molar-refractivity contribution in [2.24, 2.45) is 28.1 Å². The fourth-order valence-corrected chi connectivity index (χ4v) is 6.95. The molecule has 5 heteroatoms. The van der Waals surface area contributed by atoms with Gasteiger partial charge in [-0.15, -0.1) is 0 Å². The summed E-state index contributed by atoms with van der Waals surface area (Å²) in [6, 6.07) is 0. The molecule has 5 nitrogen and oxygen atoms in total. The number of ether oxygens (including phenoxy) is 1. The van der Waals surface area contributed by atoms with Crippen molar-refractivity contribution >= 4 is 11.8 Å². The standard InChI is InChI=1S/C31H46O5/c1-8-36-28(35)30(5,6)27(34)15-17-29(3,4)26-14-13-24-21(10-9-16-31(24,26)7)11-12-22-18-23(32)19-25(33)20(22)2/h11-12,15,17,23-26,32-33H,2,8-10,13-14,16,18-19H2,1,3-7H3/t23-,24+,25+,26-,31+/m1/s1. The van der Waals surface area contributed by atoms with E-state index in [0.717, 1.165) is 43.3 Å². The Hall–Kier alpha value is -1.98. The van der Waals surface area contributed by atoms with Crippen LogP contribution >= 0.6 is 0 Å². The van der Waals surface area contributed by atoms with Gasteiger partial charge in [0.25, 0.3) is 0 Å². The Kier molecular flexibility index (Phi) is 8.57. The first-order valence-corrected chi connectivity index (χ1v) is 13.6. The van der Waals surface area contributed by atoms with E-state index in [1.807, 2.05) is 6.08 Å². The summed E-state index contributed by atoms with van der Waals surface area (Å²) in [7, 11) is 0. The van der Waals surface area contributed by atoms with Crippen LogP contribution in [-0.2, 0) is 14.3 Å². The average molecular weight is 499 g/mol. The highest BCUT2D eigenvalue weighted by Crippen LogP contribution is 2.62. The predicted molar refractivity (Wildman–Crippen MR) is 143 cm³/mol. The van der Waals surface area contributed by atoms with Gasteiger partial charge < -0.3 is 14.9 Å². The maximum Gasteiger partial charge on any atom is 0.319 e. The van der Waals surface area contributed by atoms with Crippen LogP contribution < -0.4 is 0 Å². The zero-order valence-corrected chi connectivity index (χ0v) is 23.1. The van der Waals surface area contributed by atoms with Gasteiger partial charge in [-0.05, 0) is 99.2 Å². The van der Waals surface area contributed by atoms with Gasteiger partial charge in [0.05, 0.1) is 18.8 Å². The molecule has 3 aliphatic carbocycles. The number of aliphatic hydroxyl groups is 2. The SMILES string of the molecule is C=C1C(=CC=C2CCC[C@]3(C)[C@@H](C(C)(C)C=CC(=O)C(C)(C)C(=O)OCC)CC[C@@H]23)C[C@@H](O)C[C@@H]1O. The van der Waals surface area contributed by atoms with Crippen LogP contribution in [0, 0.1) is 28.1 Å². The van der Waals surface area contributed by atoms with E-state index in [4.69, 9.17) is 4.74 Å². The number of carbonyl (C=O) groups excluding carboxylic acids is 2. The zero-order valence-electron chi connectivity index (χ0n) is 23.1. The summed E-state index contributed by atoms with van der Waals surface area (Å²) in [6.07, 6.45) is 13.2. The van der Waals surface area contributed by atoms with Crippen LogP contribution in [0.2, 0.25) is 0 Å². The topological polar surface area (TPSA) is 83.8 Å². The highest BCUT2D eigenvalue weighted by Gasteiger charge is 2.53. The molecule has 3 saturated carbocycles. The van der Waals surface area contributed by atoms with E-state index in [0.29, 0.717) is 24.7 Å². The fraction of sp³-hybridized carbons (Fsp3) is 0.677. The summed E-state index contributed by atoms with van der Waals surface area (Å²) < 4.78 is 5.11. The molecule has 3 rings (SSSR count). The molecule has 0 aromatic carbocycles. The van der Waals surface area contributed by atoms with Crippen molar-refractivity contribution in [1.82, 2.24) is 0 Å². The van der Waals surface area contributed by atoms with Crippen molar-refractivity contribution < 1.29 is 24.5 Å². The molecule has 0 aliphatic heterocycles. The van der Waals surface area contributed by atoms with E-state index in [1.165, 1.54) is 5.57 Å². The molecule has 3 fully saturated rings. The summed E-state index contributed by atoms with van der Waals surface area (Å²) in [5.41, 5.74) is 1.85. The Balaban J connectivity index is 1.80. The minimum atomic E-state index is -1.19.